The Morgan fingerprint density at radius 3 is 2.96 bits per heavy atom. The van der Waals surface area contributed by atoms with E-state index in [1.165, 1.54) is 0 Å². The second kappa shape index (κ2) is 6.31. The molecule has 4 rings (SSSR count). The summed E-state index contributed by atoms with van der Waals surface area (Å²) in [6, 6.07) is 3.99. The van der Waals surface area contributed by atoms with Crippen LogP contribution in [0.5, 0.6) is 0 Å². The zero-order valence-corrected chi connectivity index (χ0v) is 14.6. The van der Waals surface area contributed by atoms with Gasteiger partial charge in [0.1, 0.15) is 12.4 Å². The molecule has 1 aliphatic heterocycles. The number of amides is 1. The maximum atomic E-state index is 12.9. The van der Waals surface area contributed by atoms with Gasteiger partial charge in [0.25, 0.3) is 0 Å². The van der Waals surface area contributed by atoms with Gasteiger partial charge >= 0.3 is 0 Å². The quantitative estimate of drug-likeness (QED) is 0.735. The second-order valence-electron chi connectivity index (χ2n) is 6.62. The standard InChI is InChI=1S/C18H22N6O/c1-13-11-15(21-17-6-7-20-24(13)17)16-5-3-4-9-23(16)18(25)12-22-10-8-19-14(22)2/h6-8,10-11,16H,3-5,9,12H2,1-2H3/t16-/m1/s1. The normalized spacial score (nSPS) is 18.0. The fourth-order valence-corrected chi connectivity index (χ4v) is 3.61. The summed E-state index contributed by atoms with van der Waals surface area (Å²) in [6.07, 6.45) is 8.45. The Hall–Kier alpha value is -2.70. The number of aromatic nitrogens is 5. The summed E-state index contributed by atoms with van der Waals surface area (Å²) in [6.45, 7) is 5.05. The Bertz CT molecular complexity index is 911. The Morgan fingerprint density at radius 2 is 2.16 bits per heavy atom. The Labute approximate surface area is 146 Å². The minimum Gasteiger partial charge on any atom is -0.333 e. The van der Waals surface area contributed by atoms with E-state index in [2.05, 4.69) is 16.1 Å². The molecule has 1 fully saturated rings. The van der Waals surface area contributed by atoms with Gasteiger partial charge in [0, 0.05) is 30.7 Å². The van der Waals surface area contributed by atoms with Gasteiger partial charge < -0.3 is 9.47 Å². The van der Waals surface area contributed by atoms with E-state index in [1.54, 1.807) is 12.4 Å². The van der Waals surface area contributed by atoms with Gasteiger partial charge in [-0.05, 0) is 39.2 Å². The molecule has 7 nitrogen and oxygen atoms in total. The fraction of sp³-hybridized carbons (Fsp3) is 0.444. The molecule has 1 saturated heterocycles. The van der Waals surface area contributed by atoms with Crippen molar-refractivity contribution in [3.05, 3.63) is 47.9 Å². The highest BCUT2D eigenvalue weighted by Crippen LogP contribution is 2.31. The van der Waals surface area contributed by atoms with Gasteiger partial charge in [-0.15, -0.1) is 0 Å². The number of rotatable bonds is 3. The summed E-state index contributed by atoms with van der Waals surface area (Å²) < 4.78 is 3.72. The van der Waals surface area contributed by atoms with Gasteiger partial charge in [-0.25, -0.2) is 14.5 Å². The van der Waals surface area contributed by atoms with Crippen molar-refractivity contribution in [3.63, 3.8) is 0 Å². The molecule has 1 amide bonds. The van der Waals surface area contributed by atoms with Crippen molar-refractivity contribution in [1.29, 1.82) is 0 Å². The van der Waals surface area contributed by atoms with Crippen LogP contribution in [0.15, 0.2) is 30.7 Å². The summed E-state index contributed by atoms with van der Waals surface area (Å²) >= 11 is 0. The van der Waals surface area contributed by atoms with E-state index in [-0.39, 0.29) is 11.9 Å². The van der Waals surface area contributed by atoms with E-state index in [1.807, 2.05) is 40.1 Å². The summed E-state index contributed by atoms with van der Waals surface area (Å²) in [5, 5.41) is 4.28. The molecule has 3 aromatic rings. The van der Waals surface area contributed by atoms with Crippen molar-refractivity contribution in [2.75, 3.05) is 6.54 Å². The molecule has 130 valence electrons. The van der Waals surface area contributed by atoms with Gasteiger partial charge in [0.2, 0.25) is 5.91 Å². The first-order valence-corrected chi connectivity index (χ1v) is 8.72. The molecule has 0 radical (unpaired) electrons. The number of piperidine rings is 1. The number of nitrogens with zero attached hydrogens (tertiary/aromatic N) is 6. The van der Waals surface area contributed by atoms with Crippen LogP contribution in [0.4, 0.5) is 0 Å². The minimum absolute atomic E-state index is 0.0312. The van der Waals surface area contributed by atoms with Crippen molar-refractivity contribution in [2.24, 2.45) is 0 Å². The number of aryl methyl sites for hydroxylation is 2. The molecule has 3 aromatic heterocycles. The van der Waals surface area contributed by atoms with Gasteiger partial charge in [-0.3, -0.25) is 4.79 Å². The maximum absolute atomic E-state index is 12.9. The molecular weight excluding hydrogens is 316 g/mol. The van der Waals surface area contributed by atoms with E-state index < -0.39 is 0 Å². The van der Waals surface area contributed by atoms with Crippen molar-refractivity contribution < 1.29 is 4.79 Å². The number of hydrogen-bond donors (Lipinski definition) is 0. The first kappa shape index (κ1) is 15.8. The van der Waals surface area contributed by atoms with Crippen molar-refractivity contribution in [3.8, 4) is 0 Å². The highest BCUT2D eigenvalue weighted by Gasteiger charge is 2.29. The molecule has 0 unspecified atom stereocenters. The molecule has 0 bridgehead atoms. The molecular formula is C18H22N6O. The topological polar surface area (TPSA) is 68.3 Å². The Balaban J connectivity index is 1.63. The van der Waals surface area contributed by atoms with Crippen LogP contribution in [0.3, 0.4) is 0 Å². The number of fused-ring (bicyclic) bond motifs is 1. The molecule has 0 saturated carbocycles. The molecule has 25 heavy (non-hydrogen) atoms. The minimum atomic E-state index is 0.0312. The lowest BCUT2D eigenvalue weighted by molar-refractivity contribution is -0.135. The molecule has 0 spiro atoms. The number of imidazole rings is 1. The zero-order chi connectivity index (χ0) is 17.4. The van der Waals surface area contributed by atoms with Crippen LogP contribution in [0.25, 0.3) is 5.65 Å². The van der Waals surface area contributed by atoms with E-state index in [0.29, 0.717) is 6.54 Å². The van der Waals surface area contributed by atoms with Crippen LogP contribution in [-0.2, 0) is 11.3 Å². The third-order valence-corrected chi connectivity index (χ3v) is 4.95. The monoisotopic (exact) mass is 338 g/mol. The van der Waals surface area contributed by atoms with Crippen LogP contribution in [0, 0.1) is 13.8 Å². The molecule has 4 heterocycles. The van der Waals surface area contributed by atoms with Crippen LogP contribution >= 0.6 is 0 Å². The van der Waals surface area contributed by atoms with Gasteiger partial charge in [0.05, 0.1) is 17.9 Å². The number of carbonyl (C=O) groups excluding carboxylic acids is 1. The van der Waals surface area contributed by atoms with E-state index in [9.17, 15) is 4.79 Å². The smallest absolute Gasteiger partial charge is 0.243 e. The average molecular weight is 338 g/mol. The van der Waals surface area contributed by atoms with Crippen molar-refractivity contribution in [2.45, 2.75) is 45.7 Å². The predicted octanol–water partition coefficient (Wildman–Crippen LogP) is 2.30. The number of likely N-dealkylation sites (tertiary alicyclic amines) is 1. The van der Waals surface area contributed by atoms with Gasteiger partial charge in [-0.1, -0.05) is 0 Å². The zero-order valence-electron chi connectivity index (χ0n) is 14.6. The molecule has 0 N–H and O–H groups in total. The largest absolute Gasteiger partial charge is 0.333 e. The second-order valence-corrected chi connectivity index (χ2v) is 6.62. The van der Waals surface area contributed by atoms with Gasteiger partial charge in [0.15, 0.2) is 5.65 Å². The van der Waals surface area contributed by atoms with Crippen molar-refractivity contribution in [1.82, 2.24) is 29.0 Å². The summed E-state index contributed by atoms with van der Waals surface area (Å²) in [5.74, 6) is 0.982. The van der Waals surface area contributed by atoms with Crippen LogP contribution in [0.1, 0.15) is 42.5 Å². The van der Waals surface area contributed by atoms with Crippen LogP contribution in [-0.4, -0.2) is 41.5 Å². The van der Waals surface area contributed by atoms with E-state index in [0.717, 1.165) is 48.7 Å². The fourth-order valence-electron chi connectivity index (χ4n) is 3.61. The lowest BCUT2D eigenvalue weighted by atomic mass is 9.98. The summed E-state index contributed by atoms with van der Waals surface area (Å²) in [7, 11) is 0. The highest BCUT2D eigenvalue weighted by atomic mass is 16.2. The average Bonchev–Trinajstić information content (AvgIpc) is 3.24. The van der Waals surface area contributed by atoms with E-state index in [4.69, 9.17) is 4.98 Å². The van der Waals surface area contributed by atoms with Crippen LogP contribution < -0.4 is 0 Å². The van der Waals surface area contributed by atoms with Crippen molar-refractivity contribution >= 4 is 11.6 Å². The first-order chi connectivity index (χ1) is 12.1. The molecule has 7 heteroatoms. The Kier molecular flexibility index (Phi) is 3.99. The maximum Gasteiger partial charge on any atom is 0.243 e. The summed E-state index contributed by atoms with van der Waals surface area (Å²) in [5.41, 5.74) is 2.83. The predicted molar refractivity (Wildman–Crippen MR) is 93.0 cm³/mol. The lowest BCUT2D eigenvalue weighted by Crippen LogP contribution is -2.40. The lowest BCUT2D eigenvalue weighted by Gasteiger charge is -2.35. The molecule has 0 aromatic carbocycles. The number of hydrogen-bond acceptors (Lipinski definition) is 4. The highest BCUT2D eigenvalue weighted by molar-refractivity contribution is 5.76. The third kappa shape index (κ3) is 2.90. The molecule has 1 aliphatic rings. The number of carbonyl (C=O) groups is 1. The SMILES string of the molecule is Cc1nccn1CC(=O)N1CCCC[C@@H]1c1cc(C)n2nccc2n1. The third-order valence-electron chi connectivity index (χ3n) is 4.95. The van der Waals surface area contributed by atoms with Gasteiger partial charge in [-0.2, -0.15) is 5.10 Å². The molecule has 0 aliphatic carbocycles. The first-order valence-electron chi connectivity index (χ1n) is 8.72. The van der Waals surface area contributed by atoms with Crippen LogP contribution in [0.2, 0.25) is 0 Å². The molecule has 1 atom stereocenters. The Morgan fingerprint density at radius 1 is 1.28 bits per heavy atom. The van der Waals surface area contributed by atoms with E-state index >= 15 is 0 Å². The summed E-state index contributed by atoms with van der Waals surface area (Å²) in [4.78, 5) is 23.9.